The van der Waals surface area contributed by atoms with E-state index in [1.807, 2.05) is 13.0 Å². The van der Waals surface area contributed by atoms with E-state index in [0.717, 1.165) is 5.56 Å². The molecule has 1 aliphatic rings. The first kappa shape index (κ1) is 21.3. The van der Waals surface area contributed by atoms with Gasteiger partial charge in [-0.2, -0.15) is 0 Å². The molecule has 0 amide bonds. The third-order valence-electron chi connectivity index (χ3n) is 4.76. The number of methoxy groups -OCH3 is 1. The Morgan fingerprint density at radius 2 is 1.81 bits per heavy atom. The zero-order valence-electron chi connectivity index (χ0n) is 17.3. The molecule has 0 unspecified atom stereocenters. The summed E-state index contributed by atoms with van der Waals surface area (Å²) in [5, 5.41) is 0.567. The van der Waals surface area contributed by atoms with Crippen molar-refractivity contribution in [1.82, 2.24) is 0 Å². The number of carbonyl (C=O) groups excluding carboxylic acids is 2. The van der Waals surface area contributed by atoms with Gasteiger partial charge in [0.1, 0.15) is 17.1 Å². The maximum atomic E-state index is 12.4. The van der Waals surface area contributed by atoms with Gasteiger partial charge in [0.05, 0.1) is 7.11 Å². The summed E-state index contributed by atoms with van der Waals surface area (Å²) in [5.74, 6) is -0.0921. The van der Waals surface area contributed by atoms with Crippen LogP contribution in [0.2, 0.25) is 5.02 Å². The molecule has 0 saturated carbocycles. The number of para-hydroxylation sites is 1. The van der Waals surface area contributed by atoms with E-state index in [2.05, 4.69) is 4.99 Å². The lowest BCUT2D eigenvalue weighted by Gasteiger charge is -2.08. The van der Waals surface area contributed by atoms with Crippen LogP contribution in [-0.4, -0.2) is 24.9 Å². The van der Waals surface area contributed by atoms with Crippen molar-refractivity contribution in [3.05, 3.63) is 99.7 Å². The monoisotopic (exact) mass is 447 g/mol. The number of hydrogen-bond donors (Lipinski definition) is 0. The summed E-state index contributed by atoms with van der Waals surface area (Å²) in [6, 6.07) is 18.8. The fraction of sp³-hybridized carbons (Fsp3) is 0.0800. The van der Waals surface area contributed by atoms with E-state index in [4.69, 9.17) is 25.8 Å². The number of esters is 2. The summed E-state index contributed by atoms with van der Waals surface area (Å²) in [7, 11) is 1.49. The van der Waals surface area contributed by atoms with Gasteiger partial charge >= 0.3 is 11.9 Å². The molecule has 1 heterocycles. The Labute approximate surface area is 189 Å². The van der Waals surface area contributed by atoms with Gasteiger partial charge in [-0.1, -0.05) is 41.9 Å². The van der Waals surface area contributed by atoms with Crippen molar-refractivity contribution in [3.8, 4) is 11.5 Å². The normalized spacial score (nSPS) is 14.2. The smallest absolute Gasteiger partial charge is 0.363 e. The number of nitrogens with zero attached hydrogens (tertiary/aromatic N) is 1. The van der Waals surface area contributed by atoms with Crippen LogP contribution in [0.3, 0.4) is 0 Å². The summed E-state index contributed by atoms with van der Waals surface area (Å²) in [5.41, 5.74) is 2.72. The largest absolute Gasteiger partial charge is 0.496 e. The first-order valence-electron chi connectivity index (χ1n) is 9.69. The Balaban J connectivity index is 1.50. The lowest BCUT2D eigenvalue weighted by Crippen LogP contribution is -2.09. The third-order valence-corrected chi connectivity index (χ3v) is 5.17. The van der Waals surface area contributed by atoms with Gasteiger partial charge in [-0.15, -0.1) is 0 Å². The first-order valence-corrected chi connectivity index (χ1v) is 10.1. The molecule has 0 fully saturated rings. The number of hydrogen-bond acceptors (Lipinski definition) is 6. The van der Waals surface area contributed by atoms with Crippen LogP contribution in [0.15, 0.2) is 77.4 Å². The number of cyclic esters (lactones) is 1. The highest BCUT2D eigenvalue weighted by atomic mass is 35.5. The molecular weight excluding hydrogens is 430 g/mol. The number of benzene rings is 3. The molecule has 0 aliphatic carbocycles. The van der Waals surface area contributed by atoms with Crippen LogP contribution in [0.25, 0.3) is 6.08 Å². The fourth-order valence-electron chi connectivity index (χ4n) is 3.02. The molecule has 6 nitrogen and oxygen atoms in total. The van der Waals surface area contributed by atoms with Gasteiger partial charge in [-0.25, -0.2) is 14.6 Å². The van der Waals surface area contributed by atoms with E-state index >= 15 is 0 Å². The summed E-state index contributed by atoms with van der Waals surface area (Å²) in [6.07, 6.45) is 1.59. The lowest BCUT2D eigenvalue weighted by molar-refractivity contribution is -0.129. The molecule has 3 aromatic carbocycles. The average Bonchev–Trinajstić information content (AvgIpc) is 3.17. The average molecular weight is 448 g/mol. The number of carbonyl (C=O) groups is 2. The third kappa shape index (κ3) is 4.55. The van der Waals surface area contributed by atoms with Gasteiger partial charge in [-0.3, -0.25) is 0 Å². The maximum absolute atomic E-state index is 12.4. The highest BCUT2D eigenvalue weighted by Gasteiger charge is 2.24. The SMILES string of the molecule is COc1ccccc1C(=O)Oc1ccc(/C=C2\N=C(c3ccc(C)c(Cl)c3)OC2=O)cc1. The predicted octanol–water partition coefficient (Wildman–Crippen LogP) is 5.22. The molecule has 0 spiro atoms. The number of ether oxygens (including phenoxy) is 3. The molecule has 7 heteroatoms. The molecule has 0 N–H and O–H groups in total. The molecule has 0 radical (unpaired) electrons. The second-order valence-electron chi connectivity index (χ2n) is 6.96. The minimum absolute atomic E-state index is 0.162. The molecule has 0 bridgehead atoms. The predicted molar refractivity (Wildman–Crippen MR) is 121 cm³/mol. The van der Waals surface area contributed by atoms with E-state index in [-0.39, 0.29) is 11.6 Å². The molecule has 160 valence electrons. The summed E-state index contributed by atoms with van der Waals surface area (Å²) in [6.45, 7) is 1.89. The number of aliphatic imine (C=N–C) groups is 1. The van der Waals surface area contributed by atoms with Crippen molar-refractivity contribution in [3.63, 3.8) is 0 Å². The van der Waals surface area contributed by atoms with Crippen LogP contribution in [0.1, 0.15) is 27.0 Å². The van der Waals surface area contributed by atoms with Crippen LogP contribution >= 0.6 is 11.6 Å². The maximum Gasteiger partial charge on any atom is 0.363 e. The minimum Gasteiger partial charge on any atom is -0.496 e. The van der Waals surface area contributed by atoms with Crippen LogP contribution in [0, 0.1) is 6.92 Å². The van der Waals surface area contributed by atoms with E-state index in [1.54, 1.807) is 66.7 Å². The highest BCUT2D eigenvalue weighted by molar-refractivity contribution is 6.31. The quantitative estimate of drug-likeness (QED) is 0.304. The van der Waals surface area contributed by atoms with E-state index in [0.29, 0.717) is 33.2 Å². The minimum atomic E-state index is -0.552. The van der Waals surface area contributed by atoms with Gasteiger partial charge in [0.25, 0.3) is 0 Å². The zero-order valence-corrected chi connectivity index (χ0v) is 18.1. The van der Waals surface area contributed by atoms with Crippen molar-refractivity contribution in [1.29, 1.82) is 0 Å². The lowest BCUT2D eigenvalue weighted by atomic mass is 10.1. The number of halogens is 1. The van der Waals surface area contributed by atoms with Gasteiger partial charge in [0.15, 0.2) is 5.70 Å². The second-order valence-corrected chi connectivity index (χ2v) is 7.37. The van der Waals surface area contributed by atoms with Crippen molar-refractivity contribution in [2.24, 2.45) is 4.99 Å². The van der Waals surface area contributed by atoms with Gasteiger partial charge in [0, 0.05) is 10.6 Å². The summed E-state index contributed by atoms with van der Waals surface area (Å²) < 4.78 is 15.9. The number of rotatable bonds is 5. The Bertz CT molecular complexity index is 1260. The van der Waals surface area contributed by atoms with Crippen LogP contribution in [0.5, 0.6) is 11.5 Å². The van der Waals surface area contributed by atoms with Gasteiger partial charge in [0.2, 0.25) is 5.90 Å². The van der Waals surface area contributed by atoms with Gasteiger partial charge < -0.3 is 14.2 Å². The van der Waals surface area contributed by atoms with Crippen LogP contribution < -0.4 is 9.47 Å². The molecule has 0 aromatic heterocycles. The van der Waals surface area contributed by atoms with Crippen LogP contribution in [0.4, 0.5) is 0 Å². The van der Waals surface area contributed by atoms with E-state index < -0.39 is 11.9 Å². The standard InChI is InChI=1S/C25H18ClNO5/c1-15-7-10-17(14-20(15)26)23-27-21(25(29)32-23)13-16-8-11-18(12-9-16)31-24(28)19-5-3-4-6-22(19)30-2/h3-14H,1-2H3/b21-13-. The Hall–Kier alpha value is -3.90. The van der Waals surface area contributed by atoms with Crippen molar-refractivity contribution >= 4 is 35.5 Å². The molecular formula is C25H18ClNO5. The second kappa shape index (κ2) is 9.08. The zero-order chi connectivity index (χ0) is 22.7. The van der Waals surface area contributed by atoms with E-state index in [1.165, 1.54) is 7.11 Å². The topological polar surface area (TPSA) is 74.2 Å². The van der Waals surface area contributed by atoms with E-state index in [9.17, 15) is 9.59 Å². The van der Waals surface area contributed by atoms with Crippen molar-refractivity contribution < 1.29 is 23.8 Å². The summed E-state index contributed by atoms with van der Waals surface area (Å²) >= 11 is 6.15. The van der Waals surface area contributed by atoms with Crippen molar-refractivity contribution in [2.45, 2.75) is 6.92 Å². The van der Waals surface area contributed by atoms with Crippen LogP contribution in [-0.2, 0) is 9.53 Å². The molecule has 0 saturated heterocycles. The number of aryl methyl sites for hydroxylation is 1. The first-order chi connectivity index (χ1) is 15.4. The summed E-state index contributed by atoms with van der Waals surface area (Å²) in [4.78, 5) is 28.9. The molecule has 3 aromatic rings. The van der Waals surface area contributed by atoms with Crippen molar-refractivity contribution in [2.75, 3.05) is 7.11 Å². The molecule has 1 aliphatic heterocycles. The molecule has 4 rings (SSSR count). The molecule has 32 heavy (non-hydrogen) atoms. The highest BCUT2D eigenvalue weighted by Crippen LogP contribution is 2.24. The Morgan fingerprint density at radius 1 is 1.06 bits per heavy atom. The van der Waals surface area contributed by atoms with Gasteiger partial charge in [-0.05, 0) is 60.5 Å². The molecule has 0 atom stereocenters. The Kier molecular flexibility index (Phi) is 6.05. The Morgan fingerprint density at radius 3 is 2.53 bits per heavy atom. The fourth-order valence-corrected chi connectivity index (χ4v) is 3.20.